The lowest BCUT2D eigenvalue weighted by Gasteiger charge is -2.35. The van der Waals surface area contributed by atoms with Crippen molar-refractivity contribution in [2.24, 2.45) is 5.73 Å². The highest BCUT2D eigenvalue weighted by molar-refractivity contribution is 5.36. The highest BCUT2D eigenvalue weighted by Gasteiger charge is 2.26. The monoisotopic (exact) mass is 246 g/mol. The van der Waals surface area contributed by atoms with Gasteiger partial charge in [-0.25, -0.2) is 0 Å². The molecule has 2 aromatic heterocycles. The van der Waals surface area contributed by atoms with Gasteiger partial charge in [0.1, 0.15) is 0 Å². The van der Waals surface area contributed by atoms with E-state index in [1.54, 1.807) is 4.52 Å². The number of hydrogen-bond donors (Lipinski definition) is 1. The highest BCUT2D eigenvalue weighted by atomic mass is 15.4. The van der Waals surface area contributed by atoms with Crippen molar-refractivity contribution in [1.82, 2.24) is 24.7 Å². The van der Waals surface area contributed by atoms with Gasteiger partial charge in [0.25, 0.3) is 0 Å². The number of hydrogen-bond acceptors (Lipinski definition) is 5. The second kappa shape index (κ2) is 4.29. The fourth-order valence-corrected chi connectivity index (χ4v) is 2.64. The molecule has 0 aliphatic carbocycles. The van der Waals surface area contributed by atoms with Crippen LogP contribution < -0.4 is 5.73 Å². The molecule has 6 nitrogen and oxygen atoms in total. The van der Waals surface area contributed by atoms with Crippen molar-refractivity contribution in [2.45, 2.75) is 31.8 Å². The van der Waals surface area contributed by atoms with Crippen LogP contribution in [0.1, 0.15) is 30.4 Å². The lowest BCUT2D eigenvalue weighted by molar-refractivity contribution is 0.165. The van der Waals surface area contributed by atoms with Gasteiger partial charge in [-0.1, -0.05) is 0 Å². The summed E-state index contributed by atoms with van der Waals surface area (Å²) in [7, 11) is 2.11. The summed E-state index contributed by atoms with van der Waals surface area (Å²) < 4.78 is 1.80. The summed E-state index contributed by atoms with van der Waals surface area (Å²) in [4.78, 5) is 2.28. The Morgan fingerprint density at radius 2 is 2.11 bits per heavy atom. The maximum atomic E-state index is 5.98. The molecule has 1 aliphatic heterocycles. The van der Waals surface area contributed by atoms with Crippen molar-refractivity contribution >= 4 is 5.65 Å². The van der Waals surface area contributed by atoms with Crippen molar-refractivity contribution in [3.8, 4) is 0 Å². The number of fused-ring (bicyclic) bond motifs is 1. The van der Waals surface area contributed by atoms with Gasteiger partial charge in [-0.2, -0.15) is 9.61 Å². The Morgan fingerprint density at radius 1 is 1.28 bits per heavy atom. The number of aryl methyl sites for hydroxylation is 1. The first kappa shape index (κ1) is 11.6. The third-order valence-electron chi connectivity index (χ3n) is 3.65. The third kappa shape index (κ3) is 1.87. The topological polar surface area (TPSA) is 72.3 Å². The summed E-state index contributed by atoms with van der Waals surface area (Å²) in [6, 6.07) is 4.65. The van der Waals surface area contributed by atoms with Gasteiger partial charge in [0, 0.05) is 12.6 Å². The van der Waals surface area contributed by atoms with Gasteiger partial charge in [-0.3, -0.25) is 4.90 Å². The Kier molecular flexibility index (Phi) is 2.76. The summed E-state index contributed by atoms with van der Waals surface area (Å²) in [5.74, 6) is 0.821. The van der Waals surface area contributed by atoms with Crippen molar-refractivity contribution < 1.29 is 0 Å². The molecule has 6 heteroatoms. The van der Waals surface area contributed by atoms with Gasteiger partial charge < -0.3 is 5.73 Å². The number of rotatable bonds is 1. The number of piperidine rings is 1. The van der Waals surface area contributed by atoms with Crippen molar-refractivity contribution in [1.29, 1.82) is 0 Å². The maximum Gasteiger partial charge on any atom is 0.177 e. The van der Waals surface area contributed by atoms with E-state index in [4.69, 9.17) is 5.73 Å². The molecule has 2 atom stereocenters. The molecule has 0 amide bonds. The van der Waals surface area contributed by atoms with Gasteiger partial charge in [-0.05, 0) is 38.9 Å². The maximum absolute atomic E-state index is 5.98. The van der Waals surface area contributed by atoms with Gasteiger partial charge >= 0.3 is 0 Å². The molecular weight excluding hydrogens is 228 g/mol. The lowest BCUT2D eigenvalue weighted by atomic mass is 9.97. The SMILES string of the molecule is Cc1nnc2ccc(C3CCC(N)CN3C)nn12. The van der Waals surface area contributed by atoms with Crippen LogP contribution >= 0.6 is 0 Å². The first-order valence-electron chi connectivity index (χ1n) is 6.30. The second-order valence-electron chi connectivity index (χ2n) is 5.07. The molecule has 96 valence electrons. The molecule has 0 bridgehead atoms. The predicted molar refractivity (Wildman–Crippen MR) is 68.1 cm³/mol. The molecule has 0 radical (unpaired) electrons. The molecule has 1 aliphatic rings. The first-order chi connectivity index (χ1) is 8.65. The molecule has 2 aromatic rings. The molecule has 18 heavy (non-hydrogen) atoms. The largest absolute Gasteiger partial charge is 0.327 e. The van der Waals surface area contributed by atoms with Crippen LogP contribution in [0.3, 0.4) is 0 Å². The number of nitrogens with zero attached hydrogens (tertiary/aromatic N) is 5. The van der Waals surface area contributed by atoms with Gasteiger partial charge in [-0.15, -0.1) is 10.2 Å². The lowest BCUT2D eigenvalue weighted by Crippen LogP contribution is -2.42. The van der Waals surface area contributed by atoms with E-state index in [2.05, 4.69) is 27.2 Å². The molecule has 1 saturated heterocycles. The number of aromatic nitrogens is 4. The van der Waals surface area contributed by atoms with Gasteiger partial charge in [0.05, 0.1) is 11.7 Å². The van der Waals surface area contributed by atoms with Crippen LogP contribution in [-0.2, 0) is 0 Å². The number of likely N-dealkylation sites (tertiary alicyclic amines) is 1. The molecule has 3 rings (SSSR count). The number of nitrogens with two attached hydrogens (primary N) is 1. The average molecular weight is 246 g/mol. The summed E-state index contributed by atoms with van der Waals surface area (Å²) >= 11 is 0. The van der Waals surface area contributed by atoms with Crippen LogP contribution in [0.4, 0.5) is 0 Å². The Labute approximate surface area is 106 Å². The average Bonchev–Trinajstić information content (AvgIpc) is 2.71. The summed E-state index contributed by atoms with van der Waals surface area (Å²) in [6.07, 6.45) is 2.10. The molecule has 0 spiro atoms. The van der Waals surface area contributed by atoms with Crippen LogP contribution in [0.2, 0.25) is 0 Å². The Balaban J connectivity index is 1.96. The molecule has 2 N–H and O–H groups in total. The van der Waals surface area contributed by atoms with E-state index in [0.29, 0.717) is 6.04 Å². The molecule has 2 unspecified atom stereocenters. The number of likely N-dealkylation sites (N-methyl/N-ethyl adjacent to an activating group) is 1. The predicted octanol–water partition coefficient (Wildman–Crippen LogP) is 0.527. The first-order valence-corrected chi connectivity index (χ1v) is 6.30. The summed E-state index contributed by atoms with van der Waals surface area (Å²) in [5.41, 5.74) is 7.84. The third-order valence-corrected chi connectivity index (χ3v) is 3.65. The molecular formula is C12H18N6. The highest BCUT2D eigenvalue weighted by Crippen LogP contribution is 2.27. The second-order valence-corrected chi connectivity index (χ2v) is 5.07. The zero-order valence-corrected chi connectivity index (χ0v) is 10.7. The standard InChI is InChI=1S/C12H18N6/c1-8-14-15-12-6-4-10(16-18(8)12)11-5-3-9(13)7-17(11)2/h4,6,9,11H,3,5,7,13H2,1-2H3. The van der Waals surface area contributed by atoms with E-state index in [1.807, 2.05) is 19.1 Å². The van der Waals surface area contributed by atoms with Crippen LogP contribution in [0.5, 0.6) is 0 Å². The van der Waals surface area contributed by atoms with Crippen LogP contribution in [0.15, 0.2) is 12.1 Å². The minimum Gasteiger partial charge on any atom is -0.327 e. The van der Waals surface area contributed by atoms with Crippen molar-refractivity contribution in [3.05, 3.63) is 23.7 Å². The zero-order valence-electron chi connectivity index (χ0n) is 10.7. The smallest absolute Gasteiger partial charge is 0.177 e. The quantitative estimate of drug-likeness (QED) is 0.794. The normalized spacial score (nSPS) is 25.7. The Hall–Kier alpha value is -1.53. The molecule has 1 fully saturated rings. The molecule has 3 heterocycles. The minimum absolute atomic E-state index is 0.284. The van der Waals surface area contributed by atoms with E-state index < -0.39 is 0 Å². The van der Waals surface area contributed by atoms with Crippen LogP contribution in [-0.4, -0.2) is 44.3 Å². The molecule has 0 saturated carbocycles. The van der Waals surface area contributed by atoms with Crippen LogP contribution in [0, 0.1) is 6.92 Å². The summed E-state index contributed by atoms with van der Waals surface area (Å²) in [6.45, 7) is 2.84. The van der Waals surface area contributed by atoms with E-state index in [0.717, 1.165) is 36.6 Å². The van der Waals surface area contributed by atoms with Gasteiger partial charge in [0.2, 0.25) is 0 Å². The Bertz CT molecular complexity index is 563. The fraction of sp³-hybridized carbons (Fsp3) is 0.583. The minimum atomic E-state index is 0.284. The van der Waals surface area contributed by atoms with E-state index in [-0.39, 0.29) is 6.04 Å². The Morgan fingerprint density at radius 3 is 2.89 bits per heavy atom. The van der Waals surface area contributed by atoms with Crippen molar-refractivity contribution in [2.75, 3.05) is 13.6 Å². The van der Waals surface area contributed by atoms with E-state index in [1.165, 1.54) is 0 Å². The fourth-order valence-electron chi connectivity index (χ4n) is 2.64. The van der Waals surface area contributed by atoms with Gasteiger partial charge in [0.15, 0.2) is 11.5 Å². The molecule has 0 aromatic carbocycles. The van der Waals surface area contributed by atoms with E-state index >= 15 is 0 Å². The summed E-state index contributed by atoms with van der Waals surface area (Å²) in [5, 5.41) is 12.7. The van der Waals surface area contributed by atoms with E-state index in [9.17, 15) is 0 Å². The van der Waals surface area contributed by atoms with Crippen molar-refractivity contribution in [3.63, 3.8) is 0 Å². The zero-order chi connectivity index (χ0) is 12.7. The van der Waals surface area contributed by atoms with Crippen LogP contribution in [0.25, 0.3) is 5.65 Å².